The Morgan fingerprint density at radius 3 is 2.80 bits per heavy atom. The van der Waals surface area contributed by atoms with Crippen LogP contribution in [-0.4, -0.2) is 24.9 Å². The first-order valence-electron chi connectivity index (χ1n) is 6.34. The van der Waals surface area contributed by atoms with E-state index in [-0.39, 0.29) is 4.90 Å². The molecule has 0 radical (unpaired) electrons. The van der Waals surface area contributed by atoms with Crippen molar-refractivity contribution in [3.63, 3.8) is 0 Å². The largest absolute Gasteiger partial charge is 0.363 e. The van der Waals surface area contributed by atoms with E-state index in [4.69, 9.17) is 0 Å². The topological polar surface area (TPSA) is 86.9 Å². The summed E-state index contributed by atoms with van der Waals surface area (Å²) in [7, 11) is -3.58. The monoisotopic (exact) mass is 294 g/mol. The number of hydrogen-bond acceptors (Lipinski definition) is 4. The number of aromatic nitrogens is 2. The molecule has 3 N–H and O–H groups in total. The summed E-state index contributed by atoms with van der Waals surface area (Å²) in [6.07, 6.45) is 4.64. The number of nitrogens with zero attached hydrogens (tertiary/aromatic N) is 1. The van der Waals surface area contributed by atoms with Crippen molar-refractivity contribution in [2.45, 2.75) is 25.3 Å². The van der Waals surface area contributed by atoms with Gasteiger partial charge in [-0.25, -0.2) is 8.42 Å². The van der Waals surface area contributed by atoms with Crippen LogP contribution in [0.1, 0.15) is 18.2 Å². The fourth-order valence-corrected chi connectivity index (χ4v) is 2.81. The zero-order valence-electron chi connectivity index (χ0n) is 11.5. The van der Waals surface area contributed by atoms with Gasteiger partial charge < -0.3 is 10.3 Å². The minimum atomic E-state index is -3.58. The van der Waals surface area contributed by atoms with Crippen LogP contribution >= 0.6 is 0 Å². The zero-order chi connectivity index (χ0) is 14.6. The highest BCUT2D eigenvalue weighted by Gasteiger charge is 2.16. The number of nitrogens with one attached hydrogen (secondary N) is 3. The molecular formula is C13H18N4O2S. The predicted molar refractivity (Wildman–Crippen MR) is 78.0 cm³/mol. The summed E-state index contributed by atoms with van der Waals surface area (Å²) in [4.78, 5) is 7.12. The predicted octanol–water partition coefficient (Wildman–Crippen LogP) is 1.63. The minimum Gasteiger partial charge on any atom is -0.363 e. The van der Waals surface area contributed by atoms with Crippen molar-refractivity contribution in [1.29, 1.82) is 0 Å². The molecule has 7 heteroatoms. The van der Waals surface area contributed by atoms with Crippen LogP contribution in [0.25, 0.3) is 0 Å². The number of pyridine rings is 1. The first-order chi connectivity index (χ1) is 9.51. The number of hydrogen-bond donors (Lipinski definition) is 3. The van der Waals surface area contributed by atoms with E-state index in [1.54, 1.807) is 18.3 Å². The Labute approximate surface area is 118 Å². The van der Waals surface area contributed by atoms with Gasteiger partial charge in [-0.05, 0) is 31.2 Å². The van der Waals surface area contributed by atoms with Gasteiger partial charge in [-0.15, -0.1) is 0 Å². The van der Waals surface area contributed by atoms with Crippen molar-refractivity contribution in [3.8, 4) is 0 Å². The second kappa shape index (κ2) is 6.06. The lowest BCUT2D eigenvalue weighted by Crippen LogP contribution is -2.13. The summed E-state index contributed by atoms with van der Waals surface area (Å²) < 4.78 is 27.0. The summed E-state index contributed by atoms with van der Waals surface area (Å²) in [5, 5.41) is 3.13. The van der Waals surface area contributed by atoms with Crippen LogP contribution in [0.2, 0.25) is 0 Å². The summed E-state index contributed by atoms with van der Waals surface area (Å²) in [5.74, 6) is 0. The number of H-pyrrole nitrogens is 1. The molecule has 0 fully saturated rings. The van der Waals surface area contributed by atoms with Crippen molar-refractivity contribution >= 4 is 15.7 Å². The molecule has 0 amide bonds. The average Bonchev–Trinajstić information content (AvgIpc) is 2.85. The van der Waals surface area contributed by atoms with Crippen LogP contribution < -0.4 is 10.0 Å². The van der Waals surface area contributed by atoms with Gasteiger partial charge in [-0.2, -0.15) is 0 Å². The van der Waals surface area contributed by atoms with Gasteiger partial charge in [0, 0.05) is 24.6 Å². The molecule has 2 rings (SSSR count). The van der Waals surface area contributed by atoms with Crippen molar-refractivity contribution in [2.75, 3.05) is 11.3 Å². The Morgan fingerprint density at radius 1 is 1.30 bits per heavy atom. The van der Waals surface area contributed by atoms with Crippen LogP contribution in [0.4, 0.5) is 5.69 Å². The summed E-state index contributed by atoms with van der Waals surface area (Å²) in [6, 6.07) is 3.35. The molecule has 0 aliphatic carbocycles. The molecule has 0 atom stereocenters. The molecule has 0 aliphatic rings. The van der Waals surface area contributed by atoms with Crippen molar-refractivity contribution in [2.24, 2.45) is 0 Å². The fraction of sp³-hybridized carbons (Fsp3) is 0.308. The third-order valence-corrected chi connectivity index (χ3v) is 4.08. The molecule has 2 heterocycles. The van der Waals surface area contributed by atoms with Gasteiger partial charge in [-0.1, -0.05) is 6.92 Å². The van der Waals surface area contributed by atoms with Crippen LogP contribution in [-0.2, 0) is 16.6 Å². The van der Waals surface area contributed by atoms with Crippen LogP contribution in [0.5, 0.6) is 0 Å². The Balaban J connectivity index is 2.16. The number of aryl methyl sites for hydroxylation is 1. The lowest BCUT2D eigenvalue weighted by Gasteiger charge is -2.06. The van der Waals surface area contributed by atoms with E-state index in [1.807, 2.05) is 13.8 Å². The van der Waals surface area contributed by atoms with Gasteiger partial charge in [-0.3, -0.25) is 9.71 Å². The van der Waals surface area contributed by atoms with E-state index in [9.17, 15) is 8.42 Å². The average molecular weight is 294 g/mol. The van der Waals surface area contributed by atoms with Crippen molar-refractivity contribution in [1.82, 2.24) is 15.3 Å². The van der Waals surface area contributed by atoms with E-state index in [1.165, 1.54) is 12.4 Å². The Kier molecular flexibility index (Phi) is 4.41. The molecule has 20 heavy (non-hydrogen) atoms. The van der Waals surface area contributed by atoms with Crippen LogP contribution in [0, 0.1) is 6.92 Å². The van der Waals surface area contributed by atoms with Crippen molar-refractivity contribution in [3.05, 3.63) is 42.0 Å². The highest BCUT2D eigenvalue weighted by atomic mass is 32.2. The van der Waals surface area contributed by atoms with E-state index >= 15 is 0 Å². The second-order valence-electron chi connectivity index (χ2n) is 4.50. The van der Waals surface area contributed by atoms with Gasteiger partial charge in [0.25, 0.3) is 10.0 Å². The smallest absolute Gasteiger partial charge is 0.263 e. The quantitative estimate of drug-likeness (QED) is 0.755. The molecule has 0 unspecified atom stereocenters. The Bertz CT molecular complexity index is 679. The molecular weight excluding hydrogens is 276 g/mol. The van der Waals surface area contributed by atoms with E-state index in [0.29, 0.717) is 12.2 Å². The summed E-state index contributed by atoms with van der Waals surface area (Å²) in [6.45, 7) is 5.29. The maximum atomic E-state index is 12.2. The first kappa shape index (κ1) is 14.5. The molecule has 6 nitrogen and oxygen atoms in total. The molecule has 108 valence electrons. The maximum Gasteiger partial charge on any atom is 0.263 e. The molecule has 0 aliphatic heterocycles. The maximum absolute atomic E-state index is 12.2. The molecule has 0 aromatic carbocycles. The standard InChI is InChI=1S/C13H18N4O2S/c1-3-14-7-11-5-13(9-16-11)20(18,19)17-12-4-10(2)6-15-8-12/h4-6,8-9,14,16-17H,3,7H2,1-2H3. The second-order valence-corrected chi connectivity index (χ2v) is 6.18. The summed E-state index contributed by atoms with van der Waals surface area (Å²) >= 11 is 0. The van der Waals surface area contributed by atoms with Crippen LogP contribution in [0.15, 0.2) is 35.6 Å². The van der Waals surface area contributed by atoms with Gasteiger partial charge in [0.2, 0.25) is 0 Å². The molecule has 0 bridgehead atoms. The molecule has 0 saturated carbocycles. The number of anilines is 1. The number of aromatic amines is 1. The number of sulfonamides is 1. The van der Waals surface area contributed by atoms with Gasteiger partial charge >= 0.3 is 0 Å². The molecule has 0 saturated heterocycles. The third kappa shape index (κ3) is 3.58. The van der Waals surface area contributed by atoms with E-state index in [2.05, 4.69) is 20.0 Å². The lowest BCUT2D eigenvalue weighted by atomic mass is 10.3. The number of rotatable bonds is 6. The fourth-order valence-electron chi connectivity index (χ4n) is 1.76. The normalized spacial score (nSPS) is 11.5. The lowest BCUT2D eigenvalue weighted by molar-refractivity contribution is 0.601. The zero-order valence-corrected chi connectivity index (χ0v) is 12.3. The first-order valence-corrected chi connectivity index (χ1v) is 7.82. The molecule has 2 aromatic rings. The molecule has 0 spiro atoms. The molecule has 2 aromatic heterocycles. The van der Waals surface area contributed by atoms with Crippen molar-refractivity contribution < 1.29 is 8.42 Å². The minimum absolute atomic E-state index is 0.215. The Morgan fingerprint density at radius 2 is 2.10 bits per heavy atom. The van der Waals surface area contributed by atoms with E-state index < -0.39 is 10.0 Å². The SMILES string of the molecule is CCNCc1cc(S(=O)(=O)Nc2cncc(C)c2)c[nH]1. The van der Waals surface area contributed by atoms with Crippen LogP contribution in [0.3, 0.4) is 0 Å². The Hall–Kier alpha value is -1.86. The van der Waals surface area contributed by atoms with Gasteiger partial charge in [0.15, 0.2) is 0 Å². The third-order valence-electron chi connectivity index (χ3n) is 2.72. The highest BCUT2D eigenvalue weighted by Crippen LogP contribution is 2.16. The highest BCUT2D eigenvalue weighted by molar-refractivity contribution is 7.92. The van der Waals surface area contributed by atoms with E-state index in [0.717, 1.165) is 17.8 Å². The summed E-state index contributed by atoms with van der Waals surface area (Å²) in [5.41, 5.74) is 2.18. The van der Waals surface area contributed by atoms with Gasteiger partial charge in [0.05, 0.1) is 11.9 Å². The van der Waals surface area contributed by atoms with Gasteiger partial charge in [0.1, 0.15) is 4.90 Å².